The number of carbonyl (C=O) groups excluding carboxylic acids is 1. The van der Waals surface area contributed by atoms with Crippen molar-refractivity contribution in [1.82, 2.24) is 20.1 Å². The number of piperazine rings is 1. The van der Waals surface area contributed by atoms with E-state index in [9.17, 15) is 24.6 Å². The third-order valence-electron chi connectivity index (χ3n) is 7.61. The number of rotatable bonds is 11. The number of carboxylic acid groups (broad SMARTS) is 2. The number of nitrogens with two attached hydrogens (primary N) is 1. The lowest BCUT2D eigenvalue weighted by atomic mass is 9.79. The van der Waals surface area contributed by atoms with Crippen LogP contribution in [0.5, 0.6) is 0 Å². The summed E-state index contributed by atoms with van der Waals surface area (Å²) in [6.07, 6.45) is 2.07. The maximum atomic E-state index is 13.6. The van der Waals surface area contributed by atoms with E-state index in [2.05, 4.69) is 29.0 Å². The molecule has 4 rings (SSSR count). The lowest BCUT2D eigenvalue weighted by Crippen LogP contribution is -2.52. The summed E-state index contributed by atoms with van der Waals surface area (Å²) in [7, 11) is 0. The molecule has 1 unspecified atom stereocenters. The van der Waals surface area contributed by atoms with Gasteiger partial charge in [0, 0.05) is 77.7 Å². The molecule has 3 heterocycles. The van der Waals surface area contributed by atoms with E-state index in [1.807, 2.05) is 5.38 Å². The van der Waals surface area contributed by atoms with Crippen molar-refractivity contribution in [2.24, 2.45) is 11.1 Å². The number of aliphatic carboxylic acids is 2. The highest BCUT2D eigenvalue weighted by molar-refractivity contribution is 7.09. The summed E-state index contributed by atoms with van der Waals surface area (Å²) in [6.45, 7) is 7.90. The molecule has 1 saturated heterocycles. The minimum atomic E-state index is -1.36. The Morgan fingerprint density at radius 1 is 1.05 bits per heavy atom. The zero-order chi connectivity index (χ0) is 30.6. The Labute approximate surface area is 258 Å². The number of carbonyl (C=O) groups is 3. The van der Waals surface area contributed by atoms with Crippen molar-refractivity contribution in [3.63, 3.8) is 0 Å². The third-order valence-corrected chi connectivity index (χ3v) is 9.11. The predicted molar refractivity (Wildman–Crippen MR) is 163 cm³/mol. The molecule has 1 fully saturated rings. The number of hydrogen-bond donors (Lipinski definition) is 4. The van der Waals surface area contributed by atoms with Gasteiger partial charge in [0.1, 0.15) is 0 Å². The van der Waals surface area contributed by atoms with Crippen LogP contribution >= 0.6 is 34.5 Å². The highest BCUT2D eigenvalue weighted by Crippen LogP contribution is 2.45. The number of aryl methyl sites for hydroxylation is 1. The number of dihydropyridines is 1. The van der Waals surface area contributed by atoms with Gasteiger partial charge in [-0.15, -0.1) is 11.3 Å². The van der Waals surface area contributed by atoms with Crippen LogP contribution in [0.3, 0.4) is 0 Å². The first kappa shape index (κ1) is 32.0. The first-order chi connectivity index (χ1) is 19.9. The van der Waals surface area contributed by atoms with E-state index in [-0.39, 0.29) is 56.6 Å². The van der Waals surface area contributed by atoms with E-state index in [4.69, 9.17) is 28.9 Å². The Balaban J connectivity index is 1.68. The van der Waals surface area contributed by atoms with Crippen molar-refractivity contribution >= 4 is 52.4 Å². The highest BCUT2D eigenvalue weighted by Gasteiger charge is 2.41. The van der Waals surface area contributed by atoms with Crippen LogP contribution < -0.4 is 11.1 Å². The second-order valence-corrected chi connectivity index (χ2v) is 13.0. The minimum Gasteiger partial charge on any atom is -0.478 e. The summed E-state index contributed by atoms with van der Waals surface area (Å²) in [5.41, 5.74) is 5.99. The van der Waals surface area contributed by atoms with Gasteiger partial charge in [-0.25, -0.2) is 14.6 Å². The molecule has 13 heteroatoms. The first-order valence-corrected chi connectivity index (χ1v) is 15.3. The van der Waals surface area contributed by atoms with Crippen molar-refractivity contribution in [2.75, 3.05) is 39.3 Å². The van der Waals surface area contributed by atoms with Crippen LogP contribution in [0.1, 0.15) is 43.2 Å². The average molecular weight is 637 g/mol. The lowest BCUT2D eigenvalue weighted by molar-refractivity contribution is -0.133. The topological polar surface area (TPSA) is 149 Å². The Hall–Kier alpha value is -2.96. The second kappa shape index (κ2) is 13.6. The summed E-state index contributed by atoms with van der Waals surface area (Å²) in [5, 5.41) is 26.7. The molecule has 2 aliphatic rings. The number of nitrogens with one attached hydrogen (secondary N) is 1. The van der Waals surface area contributed by atoms with E-state index in [0.29, 0.717) is 44.8 Å². The number of benzene rings is 1. The minimum absolute atomic E-state index is 0.0440. The number of halogens is 2. The zero-order valence-corrected chi connectivity index (χ0v) is 25.9. The standard InChI is InChI=1S/C29H35Cl2N5O5S/c1-29(2,15-32)16-35-9-11-36(12-10-35)22(37)14-20-25(28(40)41)26(23-17(30)4-3-5-18(23)31)24(27(38)39)19(34-20)6-7-21-33-8-13-42-21/h3-5,8,13,26,34H,6-7,9-12,14-16,32H2,1-2H3,(H,38,39)(H,40,41). The van der Waals surface area contributed by atoms with E-state index in [1.165, 1.54) is 23.5 Å². The Bertz CT molecular complexity index is 1380. The molecule has 226 valence electrons. The molecular formula is C29H35Cl2N5O5S. The van der Waals surface area contributed by atoms with Crippen molar-refractivity contribution in [2.45, 2.75) is 39.0 Å². The number of thiazole rings is 1. The second-order valence-electron chi connectivity index (χ2n) is 11.2. The van der Waals surface area contributed by atoms with Crippen molar-refractivity contribution in [3.05, 3.63) is 72.9 Å². The summed E-state index contributed by atoms with van der Waals surface area (Å²) < 4.78 is 0. The fraction of sp³-hybridized carbons (Fsp3) is 0.448. The van der Waals surface area contributed by atoms with Gasteiger partial charge >= 0.3 is 11.9 Å². The molecular weight excluding hydrogens is 601 g/mol. The zero-order valence-electron chi connectivity index (χ0n) is 23.5. The van der Waals surface area contributed by atoms with Crippen LogP contribution in [-0.4, -0.2) is 82.1 Å². The molecule has 0 saturated carbocycles. The van der Waals surface area contributed by atoms with Crippen LogP contribution in [0.25, 0.3) is 0 Å². The van der Waals surface area contributed by atoms with Crippen molar-refractivity contribution in [3.8, 4) is 0 Å². The Kier molecular flexibility index (Phi) is 10.3. The normalized spacial score (nSPS) is 18.3. The maximum Gasteiger partial charge on any atom is 0.334 e. The highest BCUT2D eigenvalue weighted by atomic mass is 35.5. The van der Waals surface area contributed by atoms with Gasteiger partial charge in [-0.1, -0.05) is 43.1 Å². The fourth-order valence-electron chi connectivity index (χ4n) is 5.42. The predicted octanol–water partition coefficient (Wildman–Crippen LogP) is 3.97. The van der Waals surface area contributed by atoms with Crippen LogP contribution in [-0.2, 0) is 20.8 Å². The van der Waals surface area contributed by atoms with E-state index < -0.39 is 17.9 Å². The van der Waals surface area contributed by atoms with E-state index >= 15 is 0 Å². The molecule has 2 aliphatic heterocycles. The van der Waals surface area contributed by atoms with E-state index in [1.54, 1.807) is 17.2 Å². The van der Waals surface area contributed by atoms with Crippen molar-refractivity contribution < 1.29 is 24.6 Å². The molecule has 0 radical (unpaired) electrons. The summed E-state index contributed by atoms with van der Waals surface area (Å²) in [4.78, 5) is 47.3. The van der Waals surface area contributed by atoms with Gasteiger partial charge in [0.05, 0.1) is 28.5 Å². The Morgan fingerprint density at radius 3 is 2.21 bits per heavy atom. The van der Waals surface area contributed by atoms with Gasteiger partial charge in [-0.2, -0.15) is 0 Å². The smallest absolute Gasteiger partial charge is 0.334 e. The molecule has 1 atom stereocenters. The molecule has 1 amide bonds. The number of carboxylic acids is 2. The van der Waals surface area contributed by atoms with Gasteiger partial charge in [0.15, 0.2) is 0 Å². The molecule has 2 aromatic rings. The lowest BCUT2D eigenvalue weighted by Gasteiger charge is -2.39. The largest absolute Gasteiger partial charge is 0.478 e. The number of hydrogen-bond acceptors (Lipinski definition) is 8. The summed E-state index contributed by atoms with van der Waals surface area (Å²) in [5.74, 6) is -4.22. The number of aromatic nitrogens is 1. The van der Waals surface area contributed by atoms with Gasteiger partial charge < -0.3 is 26.2 Å². The molecule has 1 aromatic heterocycles. The van der Waals surface area contributed by atoms with Gasteiger partial charge in [-0.3, -0.25) is 9.69 Å². The molecule has 0 spiro atoms. The maximum absolute atomic E-state index is 13.6. The van der Waals surface area contributed by atoms with Crippen LogP contribution in [0, 0.1) is 5.41 Å². The molecule has 42 heavy (non-hydrogen) atoms. The van der Waals surface area contributed by atoms with Crippen LogP contribution in [0.2, 0.25) is 10.0 Å². The molecule has 10 nitrogen and oxygen atoms in total. The quantitative estimate of drug-likeness (QED) is 0.288. The van der Waals surface area contributed by atoms with Crippen LogP contribution in [0.15, 0.2) is 52.3 Å². The van der Waals surface area contributed by atoms with Gasteiger partial charge in [0.2, 0.25) is 5.91 Å². The molecule has 1 aromatic carbocycles. The molecule has 0 aliphatic carbocycles. The Morgan fingerprint density at radius 2 is 1.67 bits per heavy atom. The number of allylic oxidation sites excluding steroid dienone is 1. The average Bonchev–Trinajstić information content (AvgIpc) is 3.45. The van der Waals surface area contributed by atoms with E-state index in [0.717, 1.165) is 11.6 Å². The SMILES string of the molecule is CC(C)(CN)CN1CCN(C(=O)CC2=C(C(=O)O)C(c3c(Cl)cccc3Cl)C(C(=O)O)=C(CCc3nccs3)N2)CC1. The summed E-state index contributed by atoms with van der Waals surface area (Å²) >= 11 is 14.5. The van der Waals surface area contributed by atoms with Gasteiger partial charge in [-0.05, 0) is 30.5 Å². The monoisotopic (exact) mass is 635 g/mol. The summed E-state index contributed by atoms with van der Waals surface area (Å²) in [6, 6.07) is 4.68. The number of nitrogens with zero attached hydrogens (tertiary/aromatic N) is 3. The molecule has 5 N–H and O–H groups in total. The fourth-order valence-corrected chi connectivity index (χ4v) is 6.66. The number of amides is 1. The van der Waals surface area contributed by atoms with Crippen molar-refractivity contribution in [1.29, 1.82) is 0 Å². The first-order valence-electron chi connectivity index (χ1n) is 13.6. The van der Waals surface area contributed by atoms with Crippen LogP contribution in [0.4, 0.5) is 0 Å². The van der Waals surface area contributed by atoms with Gasteiger partial charge in [0.25, 0.3) is 0 Å². The molecule has 0 bridgehead atoms. The third kappa shape index (κ3) is 7.33.